The minimum atomic E-state index is -5.02. The molecule has 0 atom stereocenters. The van der Waals surface area contributed by atoms with Crippen LogP contribution in [0.15, 0.2) is 24.4 Å². The maximum atomic E-state index is 12.9. The van der Waals surface area contributed by atoms with Gasteiger partial charge in [-0.3, -0.25) is 9.78 Å². The van der Waals surface area contributed by atoms with Crippen molar-refractivity contribution >= 4 is 23.4 Å². The normalized spacial score (nSPS) is 12.1. The molecule has 1 heterocycles. The van der Waals surface area contributed by atoms with E-state index in [0.717, 1.165) is 11.8 Å². The summed E-state index contributed by atoms with van der Waals surface area (Å²) in [5, 5.41) is 21.2. The number of pyridine rings is 1. The standard InChI is InChI=1S/C18H16F6N2O3S/c1-9-16(29)14(6-27)10(5-25-9)7-30-8-15(28)26-13-3-11(17(19,20)21)2-12(4-13)18(22,23)24/h2-5,27,29H,6-8H2,1H3,(H,26,28). The Hall–Kier alpha value is -2.47. The number of hydrogen-bond donors (Lipinski definition) is 3. The lowest BCUT2D eigenvalue weighted by Gasteiger charge is -2.15. The maximum Gasteiger partial charge on any atom is 0.416 e. The molecule has 1 aromatic carbocycles. The smallest absolute Gasteiger partial charge is 0.416 e. The Labute approximate surface area is 171 Å². The van der Waals surface area contributed by atoms with E-state index in [4.69, 9.17) is 0 Å². The van der Waals surface area contributed by atoms with Crippen LogP contribution in [0, 0.1) is 6.92 Å². The number of nitrogens with one attached hydrogen (secondary N) is 1. The van der Waals surface area contributed by atoms with Crippen LogP contribution in [-0.2, 0) is 29.5 Å². The number of aliphatic hydroxyl groups excluding tert-OH is 1. The Morgan fingerprint density at radius 3 is 2.17 bits per heavy atom. The number of carbonyl (C=O) groups excluding carboxylic acids is 1. The number of aliphatic hydroxyl groups is 1. The number of thioether (sulfide) groups is 1. The molecule has 30 heavy (non-hydrogen) atoms. The molecule has 0 aliphatic carbocycles. The van der Waals surface area contributed by atoms with Gasteiger partial charge in [0.15, 0.2) is 0 Å². The lowest BCUT2D eigenvalue weighted by Crippen LogP contribution is -2.17. The SMILES string of the molecule is Cc1ncc(CSCC(=O)Nc2cc(C(F)(F)F)cc(C(F)(F)F)c2)c(CO)c1O. The molecule has 0 aliphatic rings. The number of aryl methyl sites for hydroxylation is 1. The number of aromatic hydroxyl groups is 1. The van der Waals surface area contributed by atoms with Crippen LogP contribution in [-0.4, -0.2) is 26.9 Å². The summed E-state index contributed by atoms with van der Waals surface area (Å²) in [6.07, 6.45) is -8.64. The number of hydrogen-bond acceptors (Lipinski definition) is 5. The fraction of sp³-hybridized carbons (Fsp3) is 0.333. The van der Waals surface area contributed by atoms with E-state index in [-0.39, 0.29) is 28.9 Å². The molecule has 0 radical (unpaired) electrons. The number of anilines is 1. The van der Waals surface area contributed by atoms with Crippen LogP contribution in [0.5, 0.6) is 5.75 Å². The first-order chi connectivity index (χ1) is 13.8. The zero-order chi connectivity index (χ0) is 22.7. The minimum Gasteiger partial charge on any atom is -0.506 e. The van der Waals surface area contributed by atoms with Gasteiger partial charge in [0, 0.05) is 23.2 Å². The van der Waals surface area contributed by atoms with E-state index < -0.39 is 41.7 Å². The monoisotopic (exact) mass is 454 g/mol. The van der Waals surface area contributed by atoms with Crippen LogP contribution in [0.3, 0.4) is 0 Å². The van der Waals surface area contributed by atoms with Gasteiger partial charge in [-0.1, -0.05) is 0 Å². The number of rotatable bonds is 6. The summed E-state index contributed by atoms with van der Waals surface area (Å²) in [5.74, 6) is -1.18. The predicted molar refractivity (Wildman–Crippen MR) is 97.8 cm³/mol. The van der Waals surface area contributed by atoms with Crippen LogP contribution in [0.25, 0.3) is 0 Å². The highest BCUT2D eigenvalue weighted by molar-refractivity contribution is 7.99. The second-order valence-corrected chi connectivity index (χ2v) is 7.18. The number of amides is 1. The average molecular weight is 454 g/mol. The van der Waals surface area contributed by atoms with Crippen LogP contribution < -0.4 is 5.32 Å². The molecular formula is C18H16F6N2O3S. The summed E-state index contributed by atoms with van der Waals surface area (Å²) < 4.78 is 77.2. The summed E-state index contributed by atoms with van der Waals surface area (Å²) in [4.78, 5) is 15.9. The zero-order valence-corrected chi connectivity index (χ0v) is 16.2. The summed E-state index contributed by atoms with van der Waals surface area (Å²) in [7, 11) is 0. The molecule has 0 saturated carbocycles. The fourth-order valence-corrected chi connectivity index (χ4v) is 3.29. The van der Waals surface area contributed by atoms with Gasteiger partial charge in [-0.15, -0.1) is 11.8 Å². The van der Waals surface area contributed by atoms with Gasteiger partial charge in [0.05, 0.1) is 29.2 Å². The van der Waals surface area contributed by atoms with E-state index in [9.17, 15) is 41.4 Å². The van der Waals surface area contributed by atoms with Crippen molar-refractivity contribution in [3.05, 3.63) is 52.3 Å². The van der Waals surface area contributed by atoms with E-state index in [2.05, 4.69) is 4.98 Å². The lowest BCUT2D eigenvalue weighted by molar-refractivity contribution is -0.143. The third-order valence-electron chi connectivity index (χ3n) is 3.95. The number of benzene rings is 1. The molecule has 0 aliphatic heterocycles. The molecule has 0 spiro atoms. The van der Waals surface area contributed by atoms with E-state index >= 15 is 0 Å². The highest BCUT2D eigenvalue weighted by Crippen LogP contribution is 2.37. The van der Waals surface area contributed by atoms with Gasteiger partial charge in [0.2, 0.25) is 5.91 Å². The van der Waals surface area contributed by atoms with Gasteiger partial charge in [-0.25, -0.2) is 0 Å². The van der Waals surface area contributed by atoms with Crippen LogP contribution in [0.1, 0.15) is 27.9 Å². The minimum absolute atomic E-state index is 0.0301. The van der Waals surface area contributed by atoms with Crippen molar-refractivity contribution in [2.75, 3.05) is 11.1 Å². The Kier molecular flexibility index (Phi) is 7.24. The molecular weight excluding hydrogens is 438 g/mol. The van der Waals surface area contributed by atoms with Gasteiger partial charge < -0.3 is 15.5 Å². The molecule has 12 heteroatoms. The Morgan fingerprint density at radius 1 is 1.10 bits per heavy atom. The number of nitrogens with zero attached hydrogens (tertiary/aromatic N) is 1. The highest BCUT2D eigenvalue weighted by Gasteiger charge is 2.37. The van der Waals surface area contributed by atoms with Crippen molar-refractivity contribution in [2.45, 2.75) is 31.6 Å². The molecule has 5 nitrogen and oxygen atoms in total. The van der Waals surface area contributed by atoms with Crippen molar-refractivity contribution in [1.82, 2.24) is 4.98 Å². The molecule has 1 amide bonds. The van der Waals surface area contributed by atoms with Crippen molar-refractivity contribution in [1.29, 1.82) is 0 Å². The highest BCUT2D eigenvalue weighted by atomic mass is 32.2. The fourth-order valence-electron chi connectivity index (χ4n) is 2.46. The maximum absolute atomic E-state index is 12.9. The van der Waals surface area contributed by atoms with E-state index in [1.54, 1.807) is 0 Å². The largest absolute Gasteiger partial charge is 0.506 e. The van der Waals surface area contributed by atoms with Crippen molar-refractivity contribution in [3.8, 4) is 5.75 Å². The molecule has 0 bridgehead atoms. The first-order valence-corrected chi connectivity index (χ1v) is 9.42. The van der Waals surface area contributed by atoms with E-state index in [1.807, 2.05) is 5.32 Å². The van der Waals surface area contributed by atoms with Crippen molar-refractivity contribution in [2.24, 2.45) is 0 Å². The van der Waals surface area contributed by atoms with Crippen LogP contribution in [0.2, 0.25) is 0 Å². The second kappa shape index (κ2) is 9.13. The molecule has 3 N–H and O–H groups in total. The summed E-state index contributed by atoms with van der Waals surface area (Å²) >= 11 is 0.979. The Bertz CT molecular complexity index is 899. The van der Waals surface area contributed by atoms with Crippen molar-refractivity contribution < 1.29 is 41.4 Å². The van der Waals surface area contributed by atoms with Gasteiger partial charge in [0.25, 0.3) is 0 Å². The predicted octanol–water partition coefficient (Wildman–Crippen LogP) is 4.50. The molecule has 0 saturated heterocycles. The summed E-state index contributed by atoms with van der Waals surface area (Å²) in [5.41, 5.74) is -2.73. The number of halogens is 6. The summed E-state index contributed by atoms with van der Waals surface area (Å²) in [6.45, 7) is 1.06. The first kappa shape index (κ1) is 23.8. The van der Waals surface area contributed by atoms with E-state index in [0.29, 0.717) is 23.4 Å². The van der Waals surface area contributed by atoms with Gasteiger partial charge in [-0.2, -0.15) is 26.3 Å². The number of alkyl halides is 6. The number of carbonyl (C=O) groups is 1. The first-order valence-electron chi connectivity index (χ1n) is 8.27. The molecule has 2 rings (SSSR count). The quantitative estimate of drug-likeness (QED) is 0.560. The molecule has 164 valence electrons. The molecule has 2 aromatic rings. The Balaban J connectivity index is 2.09. The van der Waals surface area contributed by atoms with E-state index in [1.165, 1.54) is 13.1 Å². The average Bonchev–Trinajstić information content (AvgIpc) is 2.63. The zero-order valence-electron chi connectivity index (χ0n) is 15.4. The van der Waals surface area contributed by atoms with Gasteiger partial charge in [-0.05, 0) is 30.7 Å². The molecule has 0 fully saturated rings. The third kappa shape index (κ3) is 6.02. The second-order valence-electron chi connectivity index (χ2n) is 6.19. The molecule has 1 aromatic heterocycles. The third-order valence-corrected chi connectivity index (χ3v) is 4.93. The molecule has 0 unspecified atom stereocenters. The summed E-state index contributed by atoms with van der Waals surface area (Å²) in [6, 6.07) is 0.810. The number of aromatic nitrogens is 1. The lowest BCUT2D eigenvalue weighted by atomic mass is 10.1. The van der Waals surface area contributed by atoms with Gasteiger partial charge >= 0.3 is 12.4 Å². The topological polar surface area (TPSA) is 82.5 Å². The van der Waals surface area contributed by atoms with Crippen molar-refractivity contribution in [3.63, 3.8) is 0 Å². The Morgan fingerprint density at radius 2 is 1.67 bits per heavy atom. The van der Waals surface area contributed by atoms with Crippen LogP contribution >= 0.6 is 11.8 Å². The van der Waals surface area contributed by atoms with Gasteiger partial charge in [0.1, 0.15) is 5.75 Å². The van der Waals surface area contributed by atoms with Crippen LogP contribution in [0.4, 0.5) is 32.0 Å².